The lowest BCUT2D eigenvalue weighted by Crippen LogP contribution is -2.27. The van der Waals surface area contributed by atoms with Crippen LogP contribution in [0.25, 0.3) is 21.7 Å². The van der Waals surface area contributed by atoms with E-state index in [1.165, 1.54) is 0 Å². The number of alkyl halides is 3. The fourth-order valence-electron chi connectivity index (χ4n) is 3.87. The van der Waals surface area contributed by atoms with Gasteiger partial charge in [-0.1, -0.05) is 71.2 Å². The zero-order valence-electron chi connectivity index (χ0n) is 19.5. The molecule has 35 heavy (non-hydrogen) atoms. The first kappa shape index (κ1) is 25.4. The highest BCUT2D eigenvalue weighted by molar-refractivity contribution is 6.77. The number of rotatable bonds is 6. The lowest BCUT2D eigenvalue weighted by molar-refractivity contribution is -0.157. The van der Waals surface area contributed by atoms with Crippen LogP contribution in [0.2, 0.25) is 0 Å². The number of ketones is 1. The Labute approximate surface area is 218 Å². The third-order valence-corrected chi connectivity index (χ3v) is 5.81. The molecule has 0 aliphatic heterocycles. The normalized spacial score (nSPS) is 12.2. The Morgan fingerprint density at radius 3 is 2.31 bits per heavy atom. The molecule has 4 rings (SSSR count). The molecule has 4 aromatic rings. The summed E-state index contributed by atoms with van der Waals surface area (Å²) in [5.41, 5.74) is 1.43. The maximum absolute atomic E-state index is 12.9. The van der Waals surface area contributed by atoms with Crippen LogP contribution in [0.1, 0.15) is 36.7 Å². The Balaban J connectivity index is 1.70. The van der Waals surface area contributed by atoms with Crippen LogP contribution in [0, 0.1) is 0 Å². The average molecular weight is 533 g/mol. The Hall–Kier alpha value is -2.73. The van der Waals surface area contributed by atoms with Crippen molar-refractivity contribution >= 4 is 68.2 Å². The highest BCUT2D eigenvalue weighted by Gasteiger charge is 2.34. The van der Waals surface area contributed by atoms with Gasteiger partial charge in [-0.3, -0.25) is 4.79 Å². The van der Waals surface area contributed by atoms with E-state index >= 15 is 0 Å². The predicted molar refractivity (Wildman–Crippen MR) is 141 cm³/mol. The minimum absolute atomic E-state index is 0.242. The van der Waals surface area contributed by atoms with E-state index in [0.717, 1.165) is 16.3 Å². The molecule has 1 aromatic heterocycles. The summed E-state index contributed by atoms with van der Waals surface area (Å²) in [6.45, 7) is 5.61. The molecule has 0 N–H and O–H groups in total. The van der Waals surface area contributed by atoms with Crippen LogP contribution in [0.15, 0.2) is 66.9 Å². The van der Waals surface area contributed by atoms with Crippen LogP contribution in [-0.2, 0) is 16.1 Å². The number of esters is 1. The van der Waals surface area contributed by atoms with E-state index in [1.54, 1.807) is 45.2 Å². The molecule has 8 heteroatoms. The number of carbonyl (C=O) groups is 2. The van der Waals surface area contributed by atoms with Crippen molar-refractivity contribution in [3.05, 3.63) is 78.0 Å². The van der Waals surface area contributed by atoms with Gasteiger partial charge in [0.2, 0.25) is 5.78 Å². The van der Waals surface area contributed by atoms with Gasteiger partial charge in [0, 0.05) is 29.8 Å². The van der Waals surface area contributed by atoms with Gasteiger partial charge in [-0.05, 0) is 55.3 Å². The average Bonchev–Trinajstić information content (AvgIpc) is 3.12. The lowest BCUT2D eigenvalue weighted by Gasteiger charge is -2.19. The zero-order chi connectivity index (χ0) is 25.4. The van der Waals surface area contributed by atoms with Gasteiger partial charge in [0.1, 0.15) is 11.4 Å². The third-order valence-electron chi connectivity index (χ3n) is 5.30. The van der Waals surface area contributed by atoms with Crippen molar-refractivity contribution in [2.24, 2.45) is 0 Å². The zero-order valence-corrected chi connectivity index (χ0v) is 21.7. The van der Waals surface area contributed by atoms with Crippen LogP contribution < -0.4 is 4.74 Å². The number of Topliss-reactive ketones (excluding diaryl/α,β-unsaturated/α-hetero) is 1. The molecule has 1 heterocycles. The fourth-order valence-corrected chi connectivity index (χ4v) is 4.18. The monoisotopic (exact) mass is 531 g/mol. The third kappa shape index (κ3) is 6.10. The molecule has 0 amide bonds. The highest BCUT2D eigenvalue weighted by Crippen LogP contribution is 2.35. The van der Waals surface area contributed by atoms with E-state index in [2.05, 4.69) is 18.2 Å². The second kappa shape index (κ2) is 9.73. The number of halogens is 3. The molecule has 3 aromatic carbocycles. The standard InChI is InChI=1S/C27H24Cl3NO4/c1-26(2,3)35-24(32)16-34-20-10-11-21-22(25(33)27(28,29)30)15-31(23(21)13-20)14-17-8-9-18-6-4-5-7-19(18)12-17/h4-13,15H,14,16H2,1-3H3. The van der Waals surface area contributed by atoms with Gasteiger partial charge >= 0.3 is 5.97 Å². The first-order chi connectivity index (χ1) is 16.4. The minimum Gasteiger partial charge on any atom is -0.482 e. The number of hydrogen-bond acceptors (Lipinski definition) is 4. The summed E-state index contributed by atoms with van der Waals surface area (Å²) in [6, 6.07) is 19.4. The molecule has 0 aliphatic carbocycles. The SMILES string of the molecule is CC(C)(C)OC(=O)COc1ccc2c(C(=O)C(Cl)(Cl)Cl)cn(Cc3ccc4ccccc4c3)c2c1. The van der Waals surface area contributed by atoms with Crippen molar-refractivity contribution in [3.8, 4) is 5.75 Å². The molecular formula is C27H24Cl3NO4. The van der Waals surface area contributed by atoms with Gasteiger partial charge in [0.15, 0.2) is 6.61 Å². The van der Waals surface area contributed by atoms with Crippen molar-refractivity contribution in [1.82, 2.24) is 4.57 Å². The summed E-state index contributed by atoms with van der Waals surface area (Å²) in [4.78, 5) is 24.9. The number of ether oxygens (including phenoxy) is 2. The number of hydrogen-bond donors (Lipinski definition) is 0. The molecule has 5 nitrogen and oxygen atoms in total. The number of nitrogens with zero attached hydrogens (tertiary/aromatic N) is 1. The molecule has 0 atom stereocenters. The Morgan fingerprint density at radius 1 is 0.914 bits per heavy atom. The molecule has 182 valence electrons. The van der Waals surface area contributed by atoms with Gasteiger partial charge in [-0.2, -0.15) is 0 Å². The first-order valence-electron chi connectivity index (χ1n) is 11.0. The van der Waals surface area contributed by atoms with Crippen LogP contribution in [0.5, 0.6) is 5.75 Å². The molecular weight excluding hydrogens is 509 g/mol. The van der Waals surface area contributed by atoms with Crippen molar-refractivity contribution in [1.29, 1.82) is 0 Å². The Kier molecular flexibility index (Phi) is 7.05. The molecule has 0 fully saturated rings. The van der Waals surface area contributed by atoms with Crippen LogP contribution >= 0.6 is 34.8 Å². The molecule has 0 spiro atoms. The van der Waals surface area contributed by atoms with E-state index in [0.29, 0.717) is 28.8 Å². The summed E-state index contributed by atoms with van der Waals surface area (Å²) in [5.74, 6) is -0.641. The van der Waals surface area contributed by atoms with Crippen LogP contribution in [0.3, 0.4) is 0 Å². The number of aromatic nitrogens is 1. The number of carbonyl (C=O) groups excluding carboxylic acids is 2. The second-order valence-electron chi connectivity index (χ2n) is 9.23. The van der Waals surface area contributed by atoms with Crippen molar-refractivity contribution < 1.29 is 19.1 Å². The second-order valence-corrected chi connectivity index (χ2v) is 11.5. The summed E-state index contributed by atoms with van der Waals surface area (Å²) < 4.78 is 10.8. The summed E-state index contributed by atoms with van der Waals surface area (Å²) in [6.07, 6.45) is 1.68. The van der Waals surface area contributed by atoms with Crippen molar-refractivity contribution in [2.45, 2.75) is 36.7 Å². The van der Waals surface area contributed by atoms with E-state index in [1.807, 2.05) is 28.8 Å². The number of fused-ring (bicyclic) bond motifs is 2. The Bertz CT molecular complexity index is 1410. The van der Waals surface area contributed by atoms with E-state index in [9.17, 15) is 9.59 Å². The maximum Gasteiger partial charge on any atom is 0.344 e. The van der Waals surface area contributed by atoms with E-state index in [-0.39, 0.29) is 6.61 Å². The van der Waals surface area contributed by atoms with Crippen molar-refractivity contribution in [3.63, 3.8) is 0 Å². The fraction of sp³-hybridized carbons (Fsp3) is 0.259. The lowest BCUT2D eigenvalue weighted by atomic mass is 10.1. The molecule has 0 saturated carbocycles. The molecule has 0 radical (unpaired) electrons. The Morgan fingerprint density at radius 2 is 1.63 bits per heavy atom. The molecule has 0 unspecified atom stereocenters. The predicted octanol–water partition coefficient (Wildman–Crippen LogP) is 7.12. The largest absolute Gasteiger partial charge is 0.482 e. The van der Waals surface area contributed by atoms with E-state index in [4.69, 9.17) is 44.3 Å². The van der Waals surface area contributed by atoms with Gasteiger partial charge in [0.05, 0.1) is 5.52 Å². The first-order valence-corrected chi connectivity index (χ1v) is 12.1. The van der Waals surface area contributed by atoms with Crippen LogP contribution in [-0.4, -0.2) is 32.3 Å². The molecule has 0 bridgehead atoms. The minimum atomic E-state index is -2.09. The van der Waals surface area contributed by atoms with E-state index < -0.39 is 21.1 Å². The quantitative estimate of drug-likeness (QED) is 0.151. The van der Waals surface area contributed by atoms with Gasteiger partial charge in [0.25, 0.3) is 3.79 Å². The van der Waals surface area contributed by atoms with Crippen molar-refractivity contribution in [2.75, 3.05) is 6.61 Å². The topological polar surface area (TPSA) is 57.5 Å². The molecule has 0 aliphatic rings. The highest BCUT2D eigenvalue weighted by atomic mass is 35.6. The molecule has 0 saturated heterocycles. The summed E-state index contributed by atoms with van der Waals surface area (Å²) >= 11 is 17.8. The maximum atomic E-state index is 12.9. The summed E-state index contributed by atoms with van der Waals surface area (Å²) in [5, 5.41) is 2.87. The van der Waals surface area contributed by atoms with Gasteiger partial charge in [-0.15, -0.1) is 0 Å². The summed E-state index contributed by atoms with van der Waals surface area (Å²) in [7, 11) is 0. The number of benzene rings is 3. The van der Waals surface area contributed by atoms with Gasteiger partial charge in [-0.25, -0.2) is 4.79 Å². The van der Waals surface area contributed by atoms with Gasteiger partial charge < -0.3 is 14.0 Å². The smallest absolute Gasteiger partial charge is 0.344 e. The van der Waals surface area contributed by atoms with Crippen LogP contribution in [0.4, 0.5) is 0 Å².